The number of allylic oxidation sites excluding steroid dienone is 2. The van der Waals surface area contributed by atoms with Crippen LogP contribution >= 0.6 is 0 Å². The summed E-state index contributed by atoms with van der Waals surface area (Å²) in [6.45, 7) is 7.86. The highest BCUT2D eigenvalue weighted by Crippen LogP contribution is 2.44. The summed E-state index contributed by atoms with van der Waals surface area (Å²) in [6, 6.07) is 4.13. The van der Waals surface area contributed by atoms with Crippen LogP contribution in [0.3, 0.4) is 0 Å². The predicted molar refractivity (Wildman–Crippen MR) is 181 cm³/mol. The first-order valence-corrected chi connectivity index (χ1v) is 17.7. The molecule has 0 amide bonds. The monoisotopic (exact) mass is 611 g/mol. The van der Waals surface area contributed by atoms with Crippen molar-refractivity contribution in [3.8, 4) is 11.5 Å². The Kier molecular flexibility index (Phi) is 16.1. The lowest BCUT2D eigenvalue weighted by Gasteiger charge is -2.32. The Labute approximate surface area is 267 Å². The molecule has 1 aromatic rings. The topological polar surface area (TPSA) is 120 Å². The number of hydrogen-bond donors (Lipinski definition) is 3. The van der Waals surface area contributed by atoms with E-state index in [1.807, 2.05) is 12.1 Å². The number of phenolic OH excluding ortho intramolecular Hbond substituents is 1. The molecule has 7 nitrogen and oxygen atoms in total. The zero-order valence-electron chi connectivity index (χ0n) is 27.9. The number of aryl methyl sites for hydroxylation is 1. The van der Waals surface area contributed by atoms with E-state index in [1.165, 1.54) is 19.3 Å². The van der Waals surface area contributed by atoms with Gasteiger partial charge in [-0.25, -0.2) is 0 Å². The molecule has 3 rings (SSSR count). The van der Waals surface area contributed by atoms with Crippen molar-refractivity contribution in [2.75, 3.05) is 13.2 Å². The minimum atomic E-state index is 0.0891. The van der Waals surface area contributed by atoms with Crippen LogP contribution in [-0.4, -0.2) is 42.2 Å². The molecule has 248 valence electrons. The Morgan fingerprint density at radius 1 is 1.02 bits per heavy atom. The maximum Gasteiger partial charge on any atom is 0.185 e. The van der Waals surface area contributed by atoms with Crippen molar-refractivity contribution in [2.45, 2.75) is 148 Å². The van der Waals surface area contributed by atoms with Gasteiger partial charge in [0.15, 0.2) is 23.2 Å². The highest BCUT2D eigenvalue weighted by molar-refractivity contribution is 5.89. The normalized spacial score (nSPS) is 17.7. The zero-order valence-corrected chi connectivity index (χ0v) is 27.9. The first-order valence-electron chi connectivity index (χ1n) is 17.7. The van der Waals surface area contributed by atoms with Crippen molar-refractivity contribution < 1.29 is 19.4 Å². The van der Waals surface area contributed by atoms with Gasteiger partial charge in [0.2, 0.25) is 0 Å². The molecule has 2 aliphatic rings. The van der Waals surface area contributed by atoms with Gasteiger partial charge in [-0.3, -0.25) is 9.79 Å². The van der Waals surface area contributed by atoms with Gasteiger partial charge < -0.3 is 26.0 Å². The molecule has 1 aromatic carbocycles. The van der Waals surface area contributed by atoms with Crippen LogP contribution in [0.5, 0.6) is 11.5 Å². The van der Waals surface area contributed by atoms with E-state index in [2.05, 4.69) is 31.8 Å². The molecule has 0 aliphatic heterocycles. The number of carbonyl (C=O) groups excluding carboxylic acids is 1. The standard InChI is InChI=1S/C37H61N3O4/c1-4-5-7-14-30(41)21-20-28-24-34(36(42)35(25-28)44-32-17-10-11-18-32)33(22-19-27(2)3)29(13-12-23-40-37(38)39)26-43-31-15-8-6-9-16-31/h7,14,24-25,27,29,31-33,42H,4-6,8-13,15-23,26H2,1-3H3,(H4,38,39,40)/b14-7+/t29-,33-/m1/s1. The fraction of sp³-hybridized carbons (Fsp3) is 0.730. The average molecular weight is 612 g/mol. The third kappa shape index (κ3) is 12.8. The van der Waals surface area contributed by atoms with E-state index >= 15 is 0 Å². The molecule has 2 saturated carbocycles. The lowest BCUT2D eigenvalue weighted by molar-refractivity contribution is -0.114. The van der Waals surface area contributed by atoms with Gasteiger partial charge in [0.05, 0.1) is 18.8 Å². The number of carbonyl (C=O) groups is 1. The van der Waals surface area contributed by atoms with Gasteiger partial charge in [0.1, 0.15) is 0 Å². The zero-order chi connectivity index (χ0) is 31.7. The highest BCUT2D eigenvalue weighted by Gasteiger charge is 2.30. The van der Waals surface area contributed by atoms with Crippen LogP contribution in [0.4, 0.5) is 0 Å². The van der Waals surface area contributed by atoms with E-state index in [0.29, 0.717) is 43.8 Å². The molecule has 0 aromatic heterocycles. The molecule has 2 fully saturated rings. The molecule has 0 unspecified atom stereocenters. The molecule has 2 atom stereocenters. The van der Waals surface area contributed by atoms with Crippen LogP contribution in [0.25, 0.3) is 0 Å². The van der Waals surface area contributed by atoms with Crippen molar-refractivity contribution in [3.05, 3.63) is 35.4 Å². The number of benzene rings is 1. The second-order valence-corrected chi connectivity index (χ2v) is 13.6. The number of guanidine groups is 1. The van der Waals surface area contributed by atoms with Crippen molar-refractivity contribution in [1.29, 1.82) is 0 Å². The minimum absolute atomic E-state index is 0.0891. The Hall–Kier alpha value is -2.54. The molecule has 0 saturated heterocycles. The maximum atomic E-state index is 12.6. The molecule has 7 heteroatoms. The van der Waals surface area contributed by atoms with Gasteiger partial charge in [-0.2, -0.15) is 0 Å². The predicted octanol–water partition coefficient (Wildman–Crippen LogP) is 8.11. The van der Waals surface area contributed by atoms with Crippen molar-refractivity contribution in [1.82, 2.24) is 0 Å². The molecule has 5 N–H and O–H groups in total. The van der Waals surface area contributed by atoms with Crippen LogP contribution in [0.1, 0.15) is 141 Å². The average Bonchev–Trinajstić information content (AvgIpc) is 3.52. The fourth-order valence-corrected chi connectivity index (χ4v) is 6.74. The van der Waals surface area contributed by atoms with Gasteiger partial charge in [-0.15, -0.1) is 0 Å². The van der Waals surface area contributed by atoms with Crippen LogP contribution in [-0.2, 0) is 16.0 Å². The van der Waals surface area contributed by atoms with Gasteiger partial charge in [0, 0.05) is 18.5 Å². The first-order chi connectivity index (χ1) is 21.3. The van der Waals surface area contributed by atoms with Gasteiger partial charge in [-0.1, -0.05) is 65.0 Å². The van der Waals surface area contributed by atoms with E-state index in [4.69, 9.17) is 20.9 Å². The van der Waals surface area contributed by atoms with Crippen molar-refractivity contribution in [3.63, 3.8) is 0 Å². The quantitative estimate of drug-likeness (QED) is 0.0593. The first kappa shape index (κ1) is 35.9. The minimum Gasteiger partial charge on any atom is -0.504 e. The van der Waals surface area contributed by atoms with Crippen LogP contribution < -0.4 is 16.2 Å². The number of aromatic hydroxyl groups is 1. The Bertz CT molecular complexity index is 1040. The molecular formula is C37H61N3O4. The Morgan fingerprint density at radius 2 is 1.73 bits per heavy atom. The number of rotatable bonds is 20. The Balaban J connectivity index is 1.95. The van der Waals surface area contributed by atoms with Crippen LogP contribution in [0, 0.1) is 11.8 Å². The number of nitrogens with two attached hydrogens (primary N) is 2. The summed E-state index contributed by atoms with van der Waals surface area (Å²) in [4.78, 5) is 16.9. The second-order valence-electron chi connectivity index (χ2n) is 13.6. The largest absolute Gasteiger partial charge is 0.504 e. The summed E-state index contributed by atoms with van der Waals surface area (Å²) in [5.41, 5.74) is 13.2. The smallest absolute Gasteiger partial charge is 0.185 e. The highest BCUT2D eigenvalue weighted by atomic mass is 16.5. The summed E-state index contributed by atoms with van der Waals surface area (Å²) in [5.74, 6) is 1.91. The van der Waals surface area contributed by atoms with Gasteiger partial charge >= 0.3 is 0 Å². The molecule has 2 aliphatic carbocycles. The summed E-state index contributed by atoms with van der Waals surface area (Å²) >= 11 is 0. The van der Waals surface area contributed by atoms with E-state index in [1.54, 1.807) is 6.08 Å². The molecule has 0 bridgehead atoms. The number of aliphatic imine (C=N–C) groups is 1. The van der Waals surface area contributed by atoms with Gasteiger partial charge in [0.25, 0.3) is 0 Å². The van der Waals surface area contributed by atoms with Crippen molar-refractivity contribution >= 4 is 11.7 Å². The number of nitrogens with zero attached hydrogens (tertiary/aromatic N) is 1. The summed E-state index contributed by atoms with van der Waals surface area (Å²) < 4.78 is 13.1. The van der Waals surface area contributed by atoms with Gasteiger partial charge in [-0.05, 0) is 106 Å². The summed E-state index contributed by atoms with van der Waals surface area (Å²) in [6.07, 6.45) is 21.2. The number of hydrogen-bond acceptors (Lipinski definition) is 5. The summed E-state index contributed by atoms with van der Waals surface area (Å²) in [5, 5.41) is 11.8. The van der Waals surface area contributed by atoms with E-state index in [9.17, 15) is 9.90 Å². The Morgan fingerprint density at radius 3 is 2.41 bits per heavy atom. The second kappa shape index (κ2) is 19.8. The molecule has 0 radical (unpaired) electrons. The van der Waals surface area contributed by atoms with Crippen LogP contribution in [0.2, 0.25) is 0 Å². The maximum absolute atomic E-state index is 12.6. The van der Waals surface area contributed by atoms with E-state index in [0.717, 1.165) is 88.2 Å². The SMILES string of the molecule is CCC/C=C/C(=O)CCc1cc(OC2CCCC2)c(O)c([C@H](CCC(C)C)[C@H](CCCN=C(N)N)COC2CCCCC2)c1. The number of ether oxygens (including phenoxy) is 2. The van der Waals surface area contributed by atoms with Crippen molar-refractivity contribution in [2.24, 2.45) is 28.3 Å². The van der Waals surface area contributed by atoms with E-state index in [-0.39, 0.29) is 35.4 Å². The third-order valence-corrected chi connectivity index (χ3v) is 9.33. The summed E-state index contributed by atoms with van der Waals surface area (Å²) in [7, 11) is 0. The molecule has 44 heavy (non-hydrogen) atoms. The van der Waals surface area contributed by atoms with E-state index < -0.39 is 0 Å². The fourth-order valence-electron chi connectivity index (χ4n) is 6.74. The number of ketones is 1. The molecule has 0 heterocycles. The molecule has 0 spiro atoms. The lowest BCUT2D eigenvalue weighted by atomic mass is 9.78. The lowest BCUT2D eigenvalue weighted by Crippen LogP contribution is -2.26. The third-order valence-electron chi connectivity index (χ3n) is 9.33. The number of unbranched alkanes of at least 4 members (excludes halogenated alkanes) is 1. The number of phenols is 1. The van der Waals surface area contributed by atoms with Crippen LogP contribution in [0.15, 0.2) is 29.3 Å². The molecular weight excluding hydrogens is 550 g/mol.